The van der Waals surface area contributed by atoms with Crippen molar-refractivity contribution in [2.45, 2.75) is 12.6 Å². The molecule has 0 spiro atoms. The molecule has 2 unspecified atom stereocenters. The monoisotopic (exact) mass is 393 g/mol. The van der Waals surface area contributed by atoms with Gasteiger partial charge in [0.05, 0.1) is 22.4 Å². The number of aliphatic hydroxyl groups excluding tert-OH is 1. The van der Waals surface area contributed by atoms with Gasteiger partial charge >= 0.3 is 0 Å². The first-order valence-corrected chi connectivity index (χ1v) is 9.60. The Morgan fingerprint density at radius 1 is 1.17 bits per heavy atom. The van der Waals surface area contributed by atoms with E-state index < -0.39 is 4.92 Å². The molecule has 0 aliphatic carbocycles. The smallest absolute Gasteiger partial charge is 0.269 e. The molecule has 8 heteroatoms. The lowest BCUT2D eigenvalue weighted by Crippen LogP contribution is -2.30. The van der Waals surface area contributed by atoms with Crippen molar-refractivity contribution in [3.63, 3.8) is 0 Å². The van der Waals surface area contributed by atoms with Crippen LogP contribution in [0.15, 0.2) is 60.8 Å². The number of rotatable bonds is 7. The van der Waals surface area contributed by atoms with Crippen LogP contribution < -0.4 is 10.6 Å². The Morgan fingerprint density at radius 3 is 2.59 bits per heavy atom. The summed E-state index contributed by atoms with van der Waals surface area (Å²) in [6.07, 6.45) is 1.64. The van der Waals surface area contributed by atoms with Crippen LogP contribution in [0.5, 0.6) is 0 Å². The van der Waals surface area contributed by atoms with Gasteiger partial charge in [-0.15, -0.1) is 0 Å². The summed E-state index contributed by atoms with van der Waals surface area (Å²) in [7, 11) is 0. The molecule has 1 saturated heterocycles. The summed E-state index contributed by atoms with van der Waals surface area (Å²) in [5, 5.41) is 32.3. The number of aliphatic hydroxyl groups is 1. The zero-order valence-electron chi connectivity index (χ0n) is 15.9. The van der Waals surface area contributed by atoms with Crippen LogP contribution in [0.1, 0.15) is 5.56 Å². The molecule has 1 aliphatic rings. The second-order valence-corrected chi connectivity index (χ2v) is 7.20. The average Bonchev–Trinajstić information content (AvgIpc) is 3.35. The topological polar surface area (TPSA) is 105 Å². The van der Waals surface area contributed by atoms with Crippen molar-refractivity contribution in [1.29, 1.82) is 0 Å². The van der Waals surface area contributed by atoms with E-state index in [2.05, 4.69) is 10.6 Å². The number of nitro groups is 1. The highest BCUT2D eigenvalue weighted by molar-refractivity contribution is 5.64. The number of aromatic nitrogens is 2. The van der Waals surface area contributed by atoms with Gasteiger partial charge in [0, 0.05) is 61.6 Å². The molecule has 1 fully saturated rings. The van der Waals surface area contributed by atoms with Gasteiger partial charge in [-0.3, -0.25) is 10.1 Å². The molecule has 8 nitrogen and oxygen atoms in total. The fourth-order valence-corrected chi connectivity index (χ4v) is 3.56. The van der Waals surface area contributed by atoms with Crippen LogP contribution in [-0.2, 0) is 6.54 Å². The number of nitro benzene ring substituents is 1. The summed E-state index contributed by atoms with van der Waals surface area (Å²) in [5.41, 5.74) is 3.59. The molecule has 150 valence electrons. The van der Waals surface area contributed by atoms with Crippen LogP contribution in [0.2, 0.25) is 0 Å². The molecule has 29 heavy (non-hydrogen) atoms. The maximum atomic E-state index is 10.9. The van der Waals surface area contributed by atoms with Crippen molar-refractivity contribution in [3.8, 4) is 16.9 Å². The van der Waals surface area contributed by atoms with Crippen molar-refractivity contribution in [2.24, 2.45) is 5.92 Å². The van der Waals surface area contributed by atoms with Crippen molar-refractivity contribution in [2.75, 3.05) is 19.6 Å². The number of hydrogen-bond acceptors (Lipinski definition) is 6. The van der Waals surface area contributed by atoms with E-state index in [0.29, 0.717) is 19.6 Å². The van der Waals surface area contributed by atoms with Gasteiger partial charge in [0.1, 0.15) is 0 Å². The minimum absolute atomic E-state index is 0.0543. The molecule has 3 aromatic rings. The van der Waals surface area contributed by atoms with Gasteiger partial charge in [0.25, 0.3) is 5.69 Å². The quantitative estimate of drug-likeness (QED) is 0.419. The number of para-hydroxylation sites is 1. The standard InChI is InChI=1S/C21H23N5O3/c27-20-13-23-11-16(20)10-22-12-17-14-25(18-4-2-1-3-5-18)24-21(17)15-6-8-19(9-7-15)26(28)29/h1-9,14,16,20,22-23,27H,10-13H2. The van der Waals surface area contributed by atoms with E-state index in [9.17, 15) is 15.2 Å². The SMILES string of the molecule is O=[N+]([O-])c1ccc(-c2nn(-c3ccccc3)cc2CNCC2CNCC2O)cc1. The molecule has 4 rings (SSSR count). The first kappa shape index (κ1) is 19.3. The van der Waals surface area contributed by atoms with Gasteiger partial charge < -0.3 is 15.7 Å². The third kappa shape index (κ3) is 4.34. The summed E-state index contributed by atoms with van der Waals surface area (Å²) in [6.45, 7) is 2.71. The molecule has 2 atom stereocenters. The number of β-amino-alcohol motifs (C(OH)–C–C–N with tert-alkyl or cyclic N) is 1. The molecule has 2 aromatic carbocycles. The lowest BCUT2D eigenvalue weighted by molar-refractivity contribution is -0.384. The summed E-state index contributed by atoms with van der Waals surface area (Å²) in [5.74, 6) is 0.182. The fourth-order valence-electron chi connectivity index (χ4n) is 3.56. The minimum atomic E-state index is -0.407. The van der Waals surface area contributed by atoms with E-state index in [1.54, 1.807) is 12.1 Å². The number of hydrogen-bond donors (Lipinski definition) is 3. The third-order valence-corrected chi connectivity index (χ3v) is 5.19. The van der Waals surface area contributed by atoms with Gasteiger partial charge in [-0.1, -0.05) is 18.2 Å². The van der Waals surface area contributed by atoms with Crippen LogP contribution in [0.4, 0.5) is 5.69 Å². The van der Waals surface area contributed by atoms with Crippen LogP contribution in [0.3, 0.4) is 0 Å². The van der Waals surface area contributed by atoms with E-state index in [4.69, 9.17) is 5.10 Å². The second-order valence-electron chi connectivity index (χ2n) is 7.20. The van der Waals surface area contributed by atoms with Crippen molar-refractivity contribution < 1.29 is 10.0 Å². The molecule has 3 N–H and O–H groups in total. The van der Waals surface area contributed by atoms with Crippen LogP contribution >= 0.6 is 0 Å². The van der Waals surface area contributed by atoms with Crippen molar-refractivity contribution in [3.05, 3.63) is 76.5 Å². The van der Waals surface area contributed by atoms with Crippen LogP contribution in [0, 0.1) is 16.0 Å². The van der Waals surface area contributed by atoms with E-state index in [1.807, 2.05) is 41.2 Å². The summed E-state index contributed by atoms with van der Waals surface area (Å²) < 4.78 is 1.82. The predicted octanol–water partition coefficient (Wildman–Crippen LogP) is 2.12. The van der Waals surface area contributed by atoms with E-state index >= 15 is 0 Å². The van der Waals surface area contributed by atoms with Crippen molar-refractivity contribution in [1.82, 2.24) is 20.4 Å². The van der Waals surface area contributed by atoms with Crippen LogP contribution in [0.25, 0.3) is 16.9 Å². The number of non-ortho nitro benzene ring substituents is 1. The van der Waals surface area contributed by atoms with E-state index in [0.717, 1.165) is 29.1 Å². The van der Waals surface area contributed by atoms with Gasteiger partial charge in [-0.25, -0.2) is 4.68 Å². The Bertz CT molecular complexity index is 972. The first-order valence-electron chi connectivity index (χ1n) is 9.60. The van der Waals surface area contributed by atoms with E-state index in [-0.39, 0.29) is 17.7 Å². The highest BCUT2D eigenvalue weighted by Crippen LogP contribution is 2.26. The summed E-state index contributed by atoms with van der Waals surface area (Å²) in [6, 6.07) is 16.3. The average molecular weight is 393 g/mol. The second kappa shape index (κ2) is 8.52. The van der Waals surface area contributed by atoms with Crippen molar-refractivity contribution >= 4 is 5.69 Å². The number of nitrogens with one attached hydrogen (secondary N) is 2. The highest BCUT2D eigenvalue weighted by Gasteiger charge is 2.24. The maximum Gasteiger partial charge on any atom is 0.269 e. The van der Waals surface area contributed by atoms with Gasteiger partial charge in [-0.2, -0.15) is 5.10 Å². The normalized spacial score (nSPS) is 18.8. The number of benzene rings is 2. The Labute approximate surface area is 168 Å². The molecular formula is C21H23N5O3. The Morgan fingerprint density at radius 2 is 1.93 bits per heavy atom. The zero-order chi connectivity index (χ0) is 20.2. The Hall–Kier alpha value is -3.07. The molecule has 0 bridgehead atoms. The van der Waals surface area contributed by atoms with Gasteiger partial charge in [0.2, 0.25) is 0 Å². The third-order valence-electron chi connectivity index (χ3n) is 5.19. The minimum Gasteiger partial charge on any atom is -0.391 e. The molecule has 0 saturated carbocycles. The number of nitrogens with zero attached hydrogens (tertiary/aromatic N) is 3. The predicted molar refractivity (Wildman–Crippen MR) is 110 cm³/mol. The van der Waals surface area contributed by atoms with Gasteiger partial charge in [0.15, 0.2) is 0 Å². The molecular weight excluding hydrogens is 370 g/mol. The zero-order valence-corrected chi connectivity index (χ0v) is 15.9. The largest absolute Gasteiger partial charge is 0.391 e. The molecule has 0 radical (unpaired) electrons. The first-order chi connectivity index (χ1) is 14.1. The lowest BCUT2D eigenvalue weighted by Gasteiger charge is -2.14. The summed E-state index contributed by atoms with van der Waals surface area (Å²) in [4.78, 5) is 10.5. The van der Waals surface area contributed by atoms with Gasteiger partial charge in [-0.05, 0) is 24.3 Å². The molecule has 1 aliphatic heterocycles. The Balaban J connectivity index is 1.59. The lowest BCUT2D eigenvalue weighted by atomic mass is 10.1. The molecule has 0 amide bonds. The molecule has 1 aromatic heterocycles. The maximum absolute atomic E-state index is 10.9. The fraction of sp³-hybridized carbons (Fsp3) is 0.286. The van der Waals surface area contributed by atoms with E-state index in [1.165, 1.54) is 12.1 Å². The molecule has 2 heterocycles. The Kier molecular flexibility index (Phi) is 5.66. The highest BCUT2D eigenvalue weighted by atomic mass is 16.6. The summed E-state index contributed by atoms with van der Waals surface area (Å²) >= 11 is 0. The van der Waals surface area contributed by atoms with Crippen LogP contribution in [-0.4, -0.2) is 45.5 Å².